The van der Waals surface area contributed by atoms with Crippen LogP contribution in [0.3, 0.4) is 0 Å². The molecule has 15 heteroatoms. The summed E-state index contributed by atoms with van der Waals surface area (Å²) in [6, 6.07) is 21.2. The van der Waals surface area contributed by atoms with E-state index in [4.69, 9.17) is 9.47 Å². The molecule has 2 aliphatic heterocycles. The van der Waals surface area contributed by atoms with Crippen LogP contribution in [0.25, 0.3) is 11.0 Å². The molecular formula is C52H67F3N6O6. The largest absolute Gasteiger partial charge is 0.497 e. The number of carbonyl (C=O) groups is 3. The molecule has 67 heavy (non-hydrogen) atoms. The van der Waals surface area contributed by atoms with Gasteiger partial charge in [0.1, 0.15) is 11.8 Å². The molecule has 3 aromatic carbocycles. The summed E-state index contributed by atoms with van der Waals surface area (Å²) in [4.78, 5) is 52.8. The van der Waals surface area contributed by atoms with Crippen LogP contribution in [0.5, 0.6) is 5.75 Å². The monoisotopic (exact) mass is 929 g/mol. The first-order valence-corrected chi connectivity index (χ1v) is 24.0. The Bertz CT molecular complexity index is 2480. The minimum Gasteiger partial charge on any atom is -0.497 e. The summed E-state index contributed by atoms with van der Waals surface area (Å²) in [5.74, 6) is 0.438. The summed E-state index contributed by atoms with van der Waals surface area (Å²) in [5, 5.41) is 8.92. The summed E-state index contributed by atoms with van der Waals surface area (Å²) in [6.07, 6.45) is 3.56. The van der Waals surface area contributed by atoms with Gasteiger partial charge < -0.3 is 25.0 Å². The number of alkyl halides is 3. The van der Waals surface area contributed by atoms with Gasteiger partial charge in [0.25, 0.3) is 0 Å². The van der Waals surface area contributed by atoms with Crippen LogP contribution >= 0.6 is 0 Å². The smallest absolute Gasteiger partial charge is 0.395 e. The van der Waals surface area contributed by atoms with E-state index in [1.54, 1.807) is 14.2 Å². The van der Waals surface area contributed by atoms with Crippen LogP contribution in [-0.4, -0.2) is 82.9 Å². The number of benzene rings is 3. The number of nitrogens with zero attached hydrogens (tertiary/aromatic N) is 3. The van der Waals surface area contributed by atoms with Crippen LogP contribution in [-0.2, 0) is 31.6 Å². The maximum atomic E-state index is 14.4. The highest BCUT2D eigenvalue weighted by Gasteiger charge is 2.49. The van der Waals surface area contributed by atoms with Gasteiger partial charge in [0.15, 0.2) is 0 Å². The average Bonchev–Trinajstić information content (AvgIpc) is 3.51. The number of piperidine rings is 1. The second-order valence-electron chi connectivity index (χ2n) is 21.1. The second kappa shape index (κ2) is 19.1. The van der Waals surface area contributed by atoms with Crippen molar-refractivity contribution in [3.05, 3.63) is 88.3 Å². The lowest BCUT2D eigenvalue weighted by Gasteiger charge is -2.47. The molecule has 3 N–H and O–H groups in total. The number of imide groups is 1. The van der Waals surface area contributed by atoms with Gasteiger partial charge >= 0.3 is 11.9 Å². The Balaban J connectivity index is 0.831. The zero-order valence-corrected chi connectivity index (χ0v) is 39.8. The van der Waals surface area contributed by atoms with Gasteiger partial charge in [0.05, 0.1) is 29.2 Å². The molecule has 1 aromatic heterocycles. The Labute approximate surface area is 391 Å². The number of nitrogens with one attached hydrogen (secondary N) is 3. The zero-order valence-electron chi connectivity index (χ0n) is 39.8. The summed E-state index contributed by atoms with van der Waals surface area (Å²) in [6.45, 7) is 8.60. The first-order valence-electron chi connectivity index (χ1n) is 24.0. The van der Waals surface area contributed by atoms with Crippen molar-refractivity contribution < 1.29 is 37.0 Å². The molecule has 12 nitrogen and oxygen atoms in total. The SMILES string of the molecule is COc1ccc([C@]2(CCN(CC(C)(C)C(F)(F)F)C[C@H]3CC[C@H](c4ccc(NC(=O)C5CC(Nc6ccc7c(c6)n(C)c(=O)n7C6CCC(=O)NC6=O)C5)cc4)CC3)CCOC(C)(C)C2)cc1. The zero-order chi connectivity index (χ0) is 47.9. The minimum atomic E-state index is -4.32. The highest BCUT2D eigenvalue weighted by molar-refractivity contribution is 6.00. The Morgan fingerprint density at radius 3 is 2.25 bits per heavy atom. The molecule has 3 heterocycles. The lowest BCUT2D eigenvalue weighted by Crippen LogP contribution is -2.49. The van der Waals surface area contributed by atoms with Gasteiger partial charge in [-0.15, -0.1) is 0 Å². The number of carbonyl (C=O) groups excluding carboxylic acids is 3. The lowest BCUT2D eigenvalue weighted by molar-refractivity contribution is -0.217. The third-order valence-corrected chi connectivity index (χ3v) is 15.3. The number of aromatic nitrogens is 2. The van der Waals surface area contributed by atoms with Crippen molar-refractivity contribution in [2.45, 2.75) is 134 Å². The molecule has 4 aliphatic rings. The molecular weight excluding hydrogens is 862 g/mol. The number of fused-ring (bicyclic) bond motifs is 1. The molecule has 0 spiro atoms. The van der Waals surface area contributed by atoms with E-state index in [9.17, 15) is 32.3 Å². The van der Waals surface area contributed by atoms with Crippen molar-refractivity contribution in [2.24, 2.45) is 24.3 Å². The van der Waals surface area contributed by atoms with E-state index in [0.717, 1.165) is 62.1 Å². The first-order chi connectivity index (χ1) is 31.7. The Morgan fingerprint density at radius 1 is 0.925 bits per heavy atom. The molecule has 2 saturated heterocycles. The normalized spacial score (nSPS) is 25.7. The van der Waals surface area contributed by atoms with E-state index < -0.39 is 23.5 Å². The summed E-state index contributed by atoms with van der Waals surface area (Å²) >= 11 is 0. The fourth-order valence-electron chi connectivity index (χ4n) is 11.3. The molecule has 0 radical (unpaired) electrons. The topological polar surface area (TPSA) is 136 Å². The van der Waals surface area contributed by atoms with Crippen LogP contribution in [0, 0.1) is 17.3 Å². The summed E-state index contributed by atoms with van der Waals surface area (Å²) in [7, 11) is 3.31. The molecule has 2 aliphatic carbocycles. The maximum absolute atomic E-state index is 14.4. The number of imidazole rings is 1. The number of hydrogen-bond donors (Lipinski definition) is 3. The molecule has 4 fully saturated rings. The molecule has 8 rings (SSSR count). The number of aryl methyl sites for hydroxylation is 1. The van der Waals surface area contributed by atoms with Crippen LogP contribution in [0.2, 0.25) is 0 Å². The van der Waals surface area contributed by atoms with Crippen molar-refractivity contribution in [3.63, 3.8) is 0 Å². The Morgan fingerprint density at radius 2 is 1.61 bits per heavy atom. The van der Waals surface area contributed by atoms with Crippen LogP contribution < -0.4 is 26.4 Å². The molecule has 2 atom stereocenters. The molecule has 1 unspecified atom stereocenters. The number of hydrogen-bond acceptors (Lipinski definition) is 8. The number of halogens is 3. The molecule has 362 valence electrons. The van der Waals surface area contributed by atoms with Crippen molar-refractivity contribution in [1.29, 1.82) is 0 Å². The standard InChI is InChI=1S/C52H67F3N6O6/c1-49(2,52(53,54)55)32-60(25-23-51(24-26-67-50(3,4)31-51)37-13-18-41(66-6)19-14-37)30-33-7-9-34(10-8-33)35-11-15-38(16-12-35)57-46(63)36-27-40(28-36)56-39-17-20-42-44(29-39)59(5)48(65)61(42)43-21-22-45(62)58-47(43)64/h11-20,29,33-34,36,40,43,56H,7-10,21-28,30-32H2,1-6H3,(H,57,63)(H,58,62,64)/t33-,34-,36?,40?,43?,51-/m1/s1. The Kier molecular flexibility index (Phi) is 13.8. The third-order valence-electron chi connectivity index (χ3n) is 15.3. The summed E-state index contributed by atoms with van der Waals surface area (Å²) < 4.78 is 57.7. The van der Waals surface area contributed by atoms with Gasteiger partial charge in [0.2, 0.25) is 17.7 Å². The second-order valence-corrected chi connectivity index (χ2v) is 21.1. The Hall–Kier alpha value is -5.15. The highest BCUT2D eigenvalue weighted by atomic mass is 19.4. The van der Waals surface area contributed by atoms with Gasteiger partial charge in [-0.05, 0) is 164 Å². The van der Waals surface area contributed by atoms with Crippen LogP contribution in [0.1, 0.15) is 121 Å². The van der Waals surface area contributed by atoms with Gasteiger partial charge in [-0.3, -0.25) is 28.8 Å². The predicted octanol–water partition coefficient (Wildman–Crippen LogP) is 9.24. The number of methoxy groups -OCH3 is 1. The summed E-state index contributed by atoms with van der Waals surface area (Å²) in [5.41, 5.74) is 2.49. The van der Waals surface area contributed by atoms with Crippen LogP contribution in [0.15, 0.2) is 71.5 Å². The van der Waals surface area contributed by atoms with E-state index in [1.807, 2.05) is 42.5 Å². The van der Waals surface area contributed by atoms with Crippen molar-refractivity contribution in [3.8, 4) is 5.75 Å². The molecule has 2 saturated carbocycles. The predicted molar refractivity (Wildman–Crippen MR) is 253 cm³/mol. The van der Waals surface area contributed by atoms with Crippen molar-refractivity contribution in [2.75, 3.05) is 44.0 Å². The van der Waals surface area contributed by atoms with Gasteiger partial charge in [-0.1, -0.05) is 24.3 Å². The fourth-order valence-corrected chi connectivity index (χ4v) is 11.3. The maximum Gasteiger partial charge on any atom is 0.395 e. The number of amides is 3. The molecule has 0 bridgehead atoms. The quantitative estimate of drug-likeness (QED) is 0.101. The van der Waals surface area contributed by atoms with Crippen LogP contribution in [0.4, 0.5) is 24.5 Å². The minimum absolute atomic E-state index is 0.0285. The lowest BCUT2D eigenvalue weighted by atomic mass is 9.67. The van der Waals surface area contributed by atoms with Gasteiger partial charge in [-0.25, -0.2) is 4.79 Å². The number of rotatable bonds is 15. The average molecular weight is 929 g/mol. The fraction of sp³-hybridized carbons (Fsp3) is 0.577. The van der Waals surface area contributed by atoms with E-state index in [0.29, 0.717) is 55.4 Å². The van der Waals surface area contributed by atoms with E-state index >= 15 is 0 Å². The third kappa shape index (κ3) is 10.6. The van der Waals surface area contributed by atoms with Crippen molar-refractivity contribution >= 4 is 40.1 Å². The van der Waals surface area contributed by atoms with E-state index in [1.165, 1.54) is 34.1 Å². The molecule has 4 aromatic rings. The van der Waals surface area contributed by atoms with Crippen molar-refractivity contribution in [1.82, 2.24) is 19.4 Å². The number of anilines is 2. The van der Waals surface area contributed by atoms with Gasteiger partial charge in [0, 0.05) is 61.9 Å². The first kappa shape index (κ1) is 48.3. The highest BCUT2D eigenvalue weighted by Crippen LogP contribution is 2.46. The van der Waals surface area contributed by atoms with E-state index in [-0.39, 0.29) is 59.9 Å². The number of ether oxygens (including phenoxy) is 2. The molecule has 3 amide bonds. The van der Waals surface area contributed by atoms with E-state index in [2.05, 4.69) is 59.0 Å². The van der Waals surface area contributed by atoms with Gasteiger partial charge in [-0.2, -0.15) is 13.2 Å².